The second-order valence-corrected chi connectivity index (χ2v) is 26.3. The Hall–Kier alpha value is -7.24. The molecule has 10 aromatic rings. The summed E-state index contributed by atoms with van der Waals surface area (Å²) in [5.41, 5.74) is 25.3. The normalized spacial score (nSPS) is 14.7. The van der Waals surface area contributed by atoms with Crippen molar-refractivity contribution in [1.82, 2.24) is 4.57 Å². The molecule has 13 rings (SSSR count). The second kappa shape index (κ2) is 15.4. The van der Waals surface area contributed by atoms with E-state index in [-0.39, 0.29) is 33.8 Å². The van der Waals surface area contributed by atoms with Crippen LogP contribution in [0.2, 0.25) is 0 Å². The molecule has 2 aromatic heterocycles. The standard InChI is InChI=1S/C69H68BN3O/c1-65(2,3)41-26-31-45(32-27-41)71(46-33-28-42(29-34-46)66(4,5)6)47-39-57-61-58(40-47)73-62-51(60-63(73)50-21-15-17-23-52(50)69(60,13)14)36-44(68(10,11)12)37-54(62)70(61)53-35-30-43(67(7,8)9)38-56(53)72(57)55-24-19-22-49-48-20-16-18-25-59(48)74-64(49)55/h15-40H,1-14H3. The van der Waals surface area contributed by atoms with Crippen molar-refractivity contribution in [2.75, 3.05) is 9.80 Å². The van der Waals surface area contributed by atoms with Crippen molar-refractivity contribution in [2.45, 2.75) is 124 Å². The number of para-hydroxylation sites is 2. The van der Waals surface area contributed by atoms with Gasteiger partial charge >= 0.3 is 0 Å². The van der Waals surface area contributed by atoms with E-state index in [0.29, 0.717) is 0 Å². The number of hydrogen-bond donors (Lipinski definition) is 0. The summed E-state index contributed by atoms with van der Waals surface area (Å²) in [5, 5.41) is 3.59. The van der Waals surface area contributed by atoms with Crippen LogP contribution in [0.25, 0.3) is 49.8 Å². The average Bonchev–Trinajstić information content (AvgIpc) is 4.16. The van der Waals surface area contributed by atoms with Crippen molar-refractivity contribution in [1.29, 1.82) is 0 Å². The highest BCUT2D eigenvalue weighted by atomic mass is 16.3. The highest BCUT2D eigenvalue weighted by Gasteiger charge is 2.48. The molecule has 0 fully saturated rings. The second-order valence-electron chi connectivity index (χ2n) is 26.3. The van der Waals surface area contributed by atoms with E-state index in [4.69, 9.17) is 4.42 Å². The van der Waals surface area contributed by atoms with Crippen molar-refractivity contribution < 1.29 is 4.42 Å². The lowest BCUT2D eigenvalue weighted by molar-refractivity contribution is 0.590. The van der Waals surface area contributed by atoms with Crippen LogP contribution in [0, 0.1) is 0 Å². The van der Waals surface area contributed by atoms with E-state index in [1.165, 1.54) is 83.3 Å². The molecule has 4 heterocycles. The summed E-state index contributed by atoms with van der Waals surface area (Å²) in [7, 11) is 0. The third-order valence-corrected chi connectivity index (χ3v) is 17.0. The average molecular weight is 966 g/mol. The molecule has 0 unspecified atom stereocenters. The van der Waals surface area contributed by atoms with E-state index < -0.39 is 0 Å². The zero-order valence-corrected chi connectivity index (χ0v) is 45.8. The number of anilines is 6. The van der Waals surface area contributed by atoms with Gasteiger partial charge < -0.3 is 18.8 Å². The Balaban J connectivity index is 1.22. The first kappa shape index (κ1) is 46.5. The van der Waals surface area contributed by atoms with Crippen molar-refractivity contribution in [2.24, 2.45) is 0 Å². The Morgan fingerprint density at radius 2 is 1.04 bits per heavy atom. The number of nitrogens with zero attached hydrogens (tertiary/aromatic N) is 3. The van der Waals surface area contributed by atoms with E-state index >= 15 is 0 Å². The van der Waals surface area contributed by atoms with Crippen molar-refractivity contribution >= 4 is 90.1 Å². The molecule has 5 heteroatoms. The maximum Gasteiger partial charge on any atom is 0.252 e. The number of aromatic nitrogens is 1. The molecule has 0 amide bonds. The van der Waals surface area contributed by atoms with Crippen LogP contribution in [-0.2, 0) is 27.1 Å². The first-order valence-corrected chi connectivity index (χ1v) is 26.9. The molecular formula is C69H68BN3O. The Morgan fingerprint density at radius 1 is 0.459 bits per heavy atom. The van der Waals surface area contributed by atoms with Gasteiger partial charge in [-0.05, 0) is 132 Å². The molecule has 74 heavy (non-hydrogen) atoms. The van der Waals surface area contributed by atoms with Crippen LogP contribution < -0.4 is 26.2 Å². The molecule has 368 valence electrons. The maximum atomic E-state index is 7.06. The van der Waals surface area contributed by atoms with Gasteiger partial charge in [-0.3, -0.25) is 0 Å². The van der Waals surface area contributed by atoms with Crippen LogP contribution in [-0.4, -0.2) is 11.3 Å². The largest absolute Gasteiger partial charge is 0.454 e. The summed E-state index contributed by atoms with van der Waals surface area (Å²) in [6, 6.07) is 60.6. The predicted molar refractivity (Wildman–Crippen MR) is 317 cm³/mol. The van der Waals surface area contributed by atoms with Gasteiger partial charge in [0.15, 0.2) is 5.58 Å². The minimum atomic E-state index is -0.234. The van der Waals surface area contributed by atoms with Gasteiger partial charge in [0.1, 0.15) is 5.58 Å². The summed E-state index contributed by atoms with van der Waals surface area (Å²) in [6.45, 7) is 32.8. The van der Waals surface area contributed by atoms with Crippen LogP contribution in [0.4, 0.5) is 34.1 Å². The fourth-order valence-corrected chi connectivity index (χ4v) is 12.9. The third-order valence-electron chi connectivity index (χ3n) is 17.0. The molecule has 0 N–H and O–H groups in total. The quantitative estimate of drug-likeness (QED) is 0.164. The SMILES string of the molecule is CC(C)(C)c1ccc(N(c2ccc(C(C)(C)C)cc2)c2cc3c4c(c2)-n2c5c(c6cc(C(C)(C)C)cc(c62)B4c2ccc(C(C)(C)C)cc2N3c2cccc3c2oc2ccccc23)C(C)(C)c2ccccc2-5)cc1. The molecule has 3 aliphatic rings. The molecule has 0 radical (unpaired) electrons. The van der Waals surface area contributed by atoms with Crippen molar-refractivity contribution in [3.63, 3.8) is 0 Å². The molecule has 0 atom stereocenters. The third kappa shape index (κ3) is 6.73. The van der Waals surface area contributed by atoms with Crippen molar-refractivity contribution in [3.05, 3.63) is 191 Å². The summed E-state index contributed by atoms with van der Waals surface area (Å²) in [6.07, 6.45) is 0. The Kier molecular flexibility index (Phi) is 9.70. The van der Waals surface area contributed by atoms with Gasteiger partial charge in [0.05, 0.1) is 17.1 Å². The minimum absolute atomic E-state index is 0.00464. The number of rotatable bonds is 4. The Bertz CT molecular complexity index is 3910. The van der Waals surface area contributed by atoms with E-state index in [1.54, 1.807) is 0 Å². The molecule has 0 bridgehead atoms. The lowest BCUT2D eigenvalue weighted by Gasteiger charge is -2.42. The topological polar surface area (TPSA) is 24.6 Å². The van der Waals surface area contributed by atoms with Crippen LogP contribution >= 0.6 is 0 Å². The van der Waals surface area contributed by atoms with Gasteiger partial charge in [-0.15, -0.1) is 0 Å². The molecule has 0 saturated heterocycles. The highest BCUT2D eigenvalue weighted by molar-refractivity contribution is 7.00. The fourth-order valence-electron chi connectivity index (χ4n) is 12.9. The predicted octanol–water partition coefficient (Wildman–Crippen LogP) is 17.1. The summed E-state index contributed by atoms with van der Waals surface area (Å²) in [5.74, 6) is 0. The molecule has 0 spiro atoms. The molecule has 0 saturated carbocycles. The maximum absolute atomic E-state index is 7.06. The van der Waals surface area contributed by atoms with E-state index in [9.17, 15) is 0 Å². The van der Waals surface area contributed by atoms with Gasteiger partial charge in [-0.25, -0.2) is 0 Å². The van der Waals surface area contributed by atoms with Crippen molar-refractivity contribution in [3.8, 4) is 16.9 Å². The Morgan fingerprint density at radius 3 is 1.69 bits per heavy atom. The first-order valence-electron chi connectivity index (χ1n) is 26.9. The minimum Gasteiger partial charge on any atom is -0.454 e. The van der Waals surface area contributed by atoms with Crippen LogP contribution in [0.3, 0.4) is 0 Å². The molecule has 4 nitrogen and oxygen atoms in total. The Labute approximate surface area is 438 Å². The van der Waals surface area contributed by atoms with Gasteiger partial charge in [0.2, 0.25) is 0 Å². The number of benzene rings is 8. The van der Waals surface area contributed by atoms with Crippen LogP contribution in [0.1, 0.15) is 130 Å². The summed E-state index contributed by atoms with van der Waals surface area (Å²) in [4.78, 5) is 5.08. The lowest BCUT2D eigenvalue weighted by Crippen LogP contribution is -2.60. The molecule has 8 aromatic carbocycles. The van der Waals surface area contributed by atoms with Gasteiger partial charge in [0, 0.05) is 61.1 Å². The number of hydrogen-bond acceptors (Lipinski definition) is 3. The van der Waals surface area contributed by atoms with Gasteiger partial charge in [-0.2, -0.15) is 0 Å². The number of fused-ring (bicyclic) bond motifs is 12. The van der Waals surface area contributed by atoms with E-state index in [2.05, 4.69) is 269 Å². The summed E-state index contributed by atoms with van der Waals surface area (Å²) < 4.78 is 9.77. The van der Waals surface area contributed by atoms with E-state index in [1.807, 2.05) is 0 Å². The molecule has 2 aliphatic heterocycles. The summed E-state index contributed by atoms with van der Waals surface area (Å²) >= 11 is 0. The zero-order chi connectivity index (χ0) is 51.8. The van der Waals surface area contributed by atoms with Crippen LogP contribution in [0.5, 0.6) is 0 Å². The fraction of sp³-hybridized carbons (Fsp3) is 0.275. The molecule has 1 aliphatic carbocycles. The van der Waals surface area contributed by atoms with Crippen LogP contribution in [0.15, 0.2) is 162 Å². The monoisotopic (exact) mass is 966 g/mol. The van der Waals surface area contributed by atoms with Gasteiger partial charge in [-0.1, -0.05) is 194 Å². The lowest BCUT2D eigenvalue weighted by atomic mass is 9.33. The zero-order valence-electron chi connectivity index (χ0n) is 45.8. The number of furan rings is 1. The van der Waals surface area contributed by atoms with E-state index in [0.717, 1.165) is 50.4 Å². The molecular weight excluding hydrogens is 898 g/mol. The highest BCUT2D eigenvalue weighted by Crippen LogP contribution is 2.56. The smallest absolute Gasteiger partial charge is 0.252 e. The first-order chi connectivity index (χ1) is 35.0. The van der Waals surface area contributed by atoms with Gasteiger partial charge in [0.25, 0.3) is 6.71 Å².